The van der Waals surface area contributed by atoms with E-state index in [1.54, 1.807) is 6.07 Å². The van der Waals surface area contributed by atoms with Gasteiger partial charge in [0.2, 0.25) is 0 Å². The van der Waals surface area contributed by atoms with Crippen LogP contribution in [0.15, 0.2) is 10.9 Å². The number of H-pyrrole nitrogens is 1. The smallest absolute Gasteiger partial charge is 0.261 e. The molecule has 1 atom stereocenters. The van der Waals surface area contributed by atoms with Crippen molar-refractivity contribution < 1.29 is 4.79 Å². The monoisotopic (exact) mass is 275 g/mol. The zero-order valence-corrected chi connectivity index (χ0v) is 11.9. The number of nitrogens with zero attached hydrogens (tertiary/aromatic N) is 1. The Morgan fingerprint density at radius 2 is 2.25 bits per heavy atom. The topological polar surface area (TPSA) is 65.2 Å². The van der Waals surface area contributed by atoms with Crippen molar-refractivity contribution in [1.82, 2.24) is 15.2 Å². The second-order valence-electron chi connectivity index (χ2n) is 5.94. The Morgan fingerprint density at radius 1 is 1.40 bits per heavy atom. The van der Waals surface area contributed by atoms with E-state index in [9.17, 15) is 9.59 Å². The quantitative estimate of drug-likeness (QED) is 0.834. The molecule has 20 heavy (non-hydrogen) atoms. The standard InChI is InChI=1S/C15H21N3O2/c1-18-7-3-5-11(9-18)16-14(19)12-8-10-4-2-6-13(10)17-15(12)20/h8,11H,2-7,9H2,1H3,(H,16,19)(H,17,20). The molecule has 0 saturated carbocycles. The van der Waals surface area contributed by atoms with Gasteiger partial charge in [-0.15, -0.1) is 0 Å². The number of aromatic amines is 1. The van der Waals surface area contributed by atoms with E-state index in [4.69, 9.17) is 0 Å². The molecule has 1 fully saturated rings. The zero-order chi connectivity index (χ0) is 14.1. The minimum absolute atomic E-state index is 0.147. The Kier molecular flexibility index (Phi) is 3.61. The summed E-state index contributed by atoms with van der Waals surface area (Å²) in [6.07, 6.45) is 5.00. The average Bonchev–Trinajstić information content (AvgIpc) is 2.84. The SMILES string of the molecule is CN1CCCC(NC(=O)c2cc3c([nH]c2=O)CCC3)C1. The Bertz CT molecular complexity index is 579. The van der Waals surface area contributed by atoms with Gasteiger partial charge in [-0.25, -0.2) is 0 Å². The first-order chi connectivity index (χ1) is 9.63. The summed E-state index contributed by atoms with van der Waals surface area (Å²) in [4.78, 5) is 29.4. The van der Waals surface area contributed by atoms with Gasteiger partial charge in [-0.1, -0.05) is 0 Å². The van der Waals surface area contributed by atoms with Crippen LogP contribution in [0.25, 0.3) is 0 Å². The van der Waals surface area contributed by atoms with E-state index < -0.39 is 0 Å². The van der Waals surface area contributed by atoms with Crippen molar-refractivity contribution in [3.8, 4) is 0 Å². The second kappa shape index (κ2) is 5.40. The average molecular weight is 275 g/mol. The van der Waals surface area contributed by atoms with Gasteiger partial charge >= 0.3 is 0 Å². The summed E-state index contributed by atoms with van der Waals surface area (Å²) in [6, 6.07) is 1.93. The van der Waals surface area contributed by atoms with Gasteiger partial charge in [0.1, 0.15) is 5.56 Å². The number of likely N-dealkylation sites (N-methyl/N-ethyl adjacent to an activating group) is 1. The van der Waals surface area contributed by atoms with E-state index >= 15 is 0 Å². The van der Waals surface area contributed by atoms with E-state index in [2.05, 4.69) is 22.2 Å². The first kappa shape index (κ1) is 13.4. The van der Waals surface area contributed by atoms with Gasteiger partial charge in [-0.2, -0.15) is 0 Å². The lowest BCUT2D eigenvalue weighted by atomic mass is 10.1. The van der Waals surface area contributed by atoms with E-state index in [-0.39, 0.29) is 23.1 Å². The number of likely N-dealkylation sites (tertiary alicyclic amines) is 1. The van der Waals surface area contributed by atoms with Crippen LogP contribution in [0.5, 0.6) is 0 Å². The van der Waals surface area contributed by atoms with Crippen LogP contribution in [0.3, 0.4) is 0 Å². The summed E-state index contributed by atoms with van der Waals surface area (Å²) in [5.74, 6) is -0.235. The van der Waals surface area contributed by atoms with Crippen LogP contribution >= 0.6 is 0 Å². The molecule has 5 nitrogen and oxygen atoms in total. The van der Waals surface area contributed by atoms with Crippen LogP contribution in [0.4, 0.5) is 0 Å². The molecule has 1 aliphatic carbocycles. The summed E-state index contributed by atoms with van der Waals surface area (Å²) >= 11 is 0. The van der Waals surface area contributed by atoms with Crippen molar-refractivity contribution >= 4 is 5.91 Å². The number of hydrogen-bond donors (Lipinski definition) is 2. The molecule has 1 aromatic rings. The third kappa shape index (κ3) is 2.63. The molecule has 0 aromatic carbocycles. The van der Waals surface area contributed by atoms with Crippen molar-refractivity contribution in [1.29, 1.82) is 0 Å². The molecule has 1 saturated heterocycles. The Hall–Kier alpha value is -1.62. The van der Waals surface area contributed by atoms with Crippen molar-refractivity contribution in [3.05, 3.63) is 33.2 Å². The number of pyridine rings is 1. The maximum Gasteiger partial charge on any atom is 0.261 e. The van der Waals surface area contributed by atoms with Crippen molar-refractivity contribution in [2.45, 2.75) is 38.1 Å². The molecule has 108 valence electrons. The van der Waals surface area contributed by atoms with Gasteiger partial charge < -0.3 is 15.2 Å². The van der Waals surface area contributed by atoms with E-state index in [1.165, 1.54) is 0 Å². The predicted molar refractivity (Wildman–Crippen MR) is 77.1 cm³/mol. The molecule has 1 aliphatic heterocycles. The molecule has 0 spiro atoms. The van der Waals surface area contributed by atoms with Crippen molar-refractivity contribution in [3.63, 3.8) is 0 Å². The maximum absolute atomic E-state index is 12.3. The fourth-order valence-corrected chi connectivity index (χ4v) is 3.23. The minimum Gasteiger partial charge on any atom is -0.348 e. The molecule has 0 radical (unpaired) electrons. The van der Waals surface area contributed by atoms with Crippen LogP contribution in [0.1, 0.15) is 40.9 Å². The first-order valence-corrected chi connectivity index (χ1v) is 7.38. The zero-order valence-electron chi connectivity index (χ0n) is 11.9. The summed E-state index contributed by atoms with van der Waals surface area (Å²) in [7, 11) is 2.06. The summed E-state index contributed by atoms with van der Waals surface area (Å²) in [6.45, 7) is 1.93. The highest BCUT2D eigenvalue weighted by Crippen LogP contribution is 2.19. The van der Waals surface area contributed by atoms with Gasteiger partial charge in [0.05, 0.1) is 0 Å². The number of amides is 1. The molecule has 1 amide bonds. The molecular weight excluding hydrogens is 254 g/mol. The maximum atomic E-state index is 12.3. The highest BCUT2D eigenvalue weighted by molar-refractivity contribution is 5.94. The molecule has 5 heteroatoms. The van der Waals surface area contributed by atoms with E-state index in [0.717, 1.165) is 56.5 Å². The van der Waals surface area contributed by atoms with Crippen LogP contribution < -0.4 is 10.9 Å². The lowest BCUT2D eigenvalue weighted by molar-refractivity contribution is 0.0911. The number of hydrogen-bond acceptors (Lipinski definition) is 3. The third-order valence-corrected chi connectivity index (χ3v) is 4.29. The first-order valence-electron chi connectivity index (χ1n) is 7.38. The van der Waals surface area contributed by atoms with Gasteiger partial charge in [0.25, 0.3) is 11.5 Å². The Morgan fingerprint density at radius 3 is 3.05 bits per heavy atom. The third-order valence-electron chi connectivity index (χ3n) is 4.29. The number of rotatable bonds is 2. The lowest BCUT2D eigenvalue weighted by Gasteiger charge is -2.30. The van der Waals surface area contributed by atoms with Gasteiger partial charge in [0, 0.05) is 18.3 Å². The molecule has 1 unspecified atom stereocenters. The van der Waals surface area contributed by atoms with Crippen LogP contribution in [-0.4, -0.2) is 42.0 Å². The van der Waals surface area contributed by atoms with Crippen molar-refractivity contribution in [2.24, 2.45) is 0 Å². The Balaban J connectivity index is 1.75. The fraction of sp³-hybridized carbons (Fsp3) is 0.600. The van der Waals surface area contributed by atoms with Crippen molar-refractivity contribution in [2.75, 3.05) is 20.1 Å². The lowest BCUT2D eigenvalue weighted by Crippen LogP contribution is -2.47. The number of carbonyl (C=O) groups is 1. The normalized spacial score (nSPS) is 22.6. The van der Waals surface area contributed by atoms with Crippen LogP contribution in [-0.2, 0) is 12.8 Å². The van der Waals surface area contributed by atoms with Crippen LogP contribution in [0, 0.1) is 0 Å². The molecule has 0 bridgehead atoms. The van der Waals surface area contributed by atoms with E-state index in [0.29, 0.717) is 0 Å². The molecule has 2 N–H and O–H groups in total. The highest BCUT2D eigenvalue weighted by atomic mass is 16.2. The van der Waals surface area contributed by atoms with Gasteiger partial charge in [-0.3, -0.25) is 9.59 Å². The Labute approximate surface area is 118 Å². The fourth-order valence-electron chi connectivity index (χ4n) is 3.23. The number of piperidine rings is 1. The number of carbonyl (C=O) groups excluding carboxylic acids is 1. The van der Waals surface area contributed by atoms with Gasteiger partial charge in [-0.05, 0) is 57.3 Å². The molecular formula is C15H21N3O2. The molecule has 2 heterocycles. The molecule has 2 aliphatic rings. The molecule has 3 rings (SSSR count). The van der Waals surface area contributed by atoms with Gasteiger partial charge in [0.15, 0.2) is 0 Å². The number of fused-ring (bicyclic) bond motifs is 1. The molecule has 1 aromatic heterocycles. The predicted octanol–water partition coefficient (Wildman–Crippen LogP) is 0.688. The van der Waals surface area contributed by atoms with Crippen LogP contribution in [0.2, 0.25) is 0 Å². The highest BCUT2D eigenvalue weighted by Gasteiger charge is 2.22. The number of nitrogens with one attached hydrogen (secondary N) is 2. The second-order valence-corrected chi connectivity index (χ2v) is 5.94. The number of aromatic nitrogens is 1. The van der Waals surface area contributed by atoms with E-state index in [1.807, 2.05) is 0 Å². The summed E-state index contributed by atoms with van der Waals surface area (Å²) in [5, 5.41) is 3.00. The summed E-state index contributed by atoms with van der Waals surface area (Å²) < 4.78 is 0. The summed E-state index contributed by atoms with van der Waals surface area (Å²) in [5.41, 5.74) is 2.13. The number of aryl methyl sites for hydroxylation is 2. The minimum atomic E-state index is -0.257. The largest absolute Gasteiger partial charge is 0.348 e.